The van der Waals surface area contributed by atoms with E-state index < -0.39 is 11.7 Å². The second kappa shape index (κ2) is 4.94. The molecule has 23 heavy (non-hydrogen) atoms. The van der Waals surface area contributed by atoms with E-state index in [2.05, 4.69) is 12.8 Å². The molecule has 0 radical (unpaired) electrons. The van der Waals surface area contributed by atoms with Gasteiger partial charge in [0.05, 0.1) is 6.10 Å². The van der Waals surface area contributed by atoms with Gasteiger partial charge in [0, 0.05) is 11.8 Å². The predicted octanol–water partition coefficient (Wildman–Crippen LogP) is 2.46. The minimum atomic E-state index is -0.994. The lowest BCUT2D eigenvalue weighted by molar-refractivity contribution is -0.118. The van der Waals surface area contributed by atoms with Gasteiger partial charge >= 0.3 is 0 Å². The first-order chi connectivity index (χ1) is 10.9. The third-order valence-corrected chi connectivity index (χ3v) is 7.74. The third-order valence-electron chi connectivity index (χ3n) is 7.74. The molecule has 124 valence electrons. The highest BCUT2D eigenvalue weighted by Gasteiger charge is 2.62. The number of terminal acetylenes is 1. The molecule has 2 N–H and O–H groups in total. The first kappa shape index (κ1) is 15.4. The van der Waals surface area contributed by atoms with E-state index in [4.69, 9.17) is 6.42 Å². The number of ketones is 1. The van der Waals surface area contributed by atoms with Crippen molar-refractivity contribution in [2.75, 3.05) is 0 Å². The van der Waals surface area contributed by atoms with Gasteiger partial charge in [-0.25, -0.2) is 0 Å². The Morgan fingerprint density at radius 2 is 2.04 bits per heavy atom. The fourth-order valence-electron chi connectivity index (χ4n) is 6.44. The van der Waals surface area contributed by atoms with Crippen molar-refractivity contribution in [2.24, 2.45) is 29.1 Å². The van der Waals surface area contributed by atoms with Crippen molar-refractivity contribution in [3.63, 3.8) is 0 Å². The molecule has 4 aliphatic rings. The van der Waals surface area contributed by atoms with E-state index in [0.717, 1.165) is 37.7 Å². The zero-order valence-electron chi connectivity index (χ0n) is 13.8. The van der Waals surface area contributed by atoms with E-state index in [1.54, 1.807) is 6.08 Å². The summed E-state index contributed by atoms with van der Waals surface area (Å²) in [6, 6.07) is 0. The molecule has 7 atom stereocenters. The molecule has 0 aliphatic heterocycles. The lowest BCUT2D eigenvalue weighted by atomic mass is 9.50. The first-order valence-electron chi connectivity index (χ1n) is 9.02. The molecule has 0 aromatic heterocycles. The van der Waals surface area contributed by atoms with E-state index in [0.29, 0.717) is 36.5 Å². The van der Waals surface area contributed by atoms with Crippen molar-refractivity contribution in [1.29, 1.82) is 0 Å². The van der Waals surface area contributed by atoms with Gasteiger partial charge in [0.1, 0.15) is 5.60 Å². The molecule has 0 aromatic rings. The third kappa shape index (κ3) is 1.95. The van der Waals surface area contributed by atoms with Crippen LogP contribution in [0.4, 0.5) is 0 Å². The molecule has 0 spiro atoms. The second-order valence-corrected chi connectivity index (χ2v) is 8.44. The molecule has 3 fully saturated rings. The Hall–Kier alpha value is -1.11. The molecule has 3 saturated carbocycles. The number of hydrogen-bond acceptors (Lipinski definition) is 3. The summed E-state index contributed by atoms with van der Waals surface area (Å²) in [5, 5.41) is 21.6. The minimum Gasteiger partial charge on any atom is -0.389 e. The highest BCUT2D eigenvalue weighted by Crippen LogP contribution is 2.64. The summed E-state index contributed by atoms with van der Waals surface area (Å²) in [4.78, 5) is 11.7. The zero-order valence-corrected chi connectivity index (χ0v) is 13.8. The van der Waals surface area contributed by atoms with E-state index in [-0.39, 0.29) is 11.2 Å². The molecule has 3 nitrogen and oxygen atoms in total. The van der Waals surface area contributed by atoms with Crippen LogP contribution in [0.2, 0.25) is 0 Å². The van der Waals surface area contributed by atoms with Crippen LogP contribution in [0.3, 0.4) is 0 Å². The smallest absolute Gasteiger partial charge is 0.155 e. The monoisotopic (exact) mass is 314 g/mol. The Bertz CT molecular complexity index is 615. The Balaban J connectivity index is 1.69. The maximum absolute atomic E-state index is 11.7. The molecule has 3 heteroatoms. The maximum atomic E-state index is 11.7. The van der Waals surface area contributed by atoms with Crippen LogP contribution in [0.15, 0.2) is 11.6 Å². The fourth-order valence-corrected chi connectivity index (χ4v) is 6.44. The molecule has 0 aromatic carbocycles. The standard InChI is InChI=1S/C20H26O3/c1-3-20(23)9-7-17-15-11-18(22)16-10-12(21)4-5-13(16)14(15)6-8-19(17,20)2/h1,10,13-15,17-18,22-23H,4-9,11H2,2H3/t13?,14?,15?,17?,18-,19-,20-/m0/s1. The lowest BCUT2D eigenvalue weighted by Crippen LogP contribution is -2.53. The zero-order chi connectivity index (χ0) is 16.4. The van der Waals surface area contributed by atoms with Gasteiger partial charge in [-0.15, -0.1) is 6.42 Å². The van der Waals surface area contributed by atoms with Gasteiger partial charge in [0.25, 0.3) is 0 Å². The summed E-state index contributed by atoms with van der Waals surface area (Å²) in [5.74, 6) is 4.54. The molecule has 0 amide bonds. The topological polar surface area (TPSA) is 57.5 Å². The summed E-state index contributed by atoms with van der Waals surface area (Å²) in [6.45, 7) is 2.16. The number of fused-ring (bicyclic) bond motifs is 5. The van der Waals surface area contributed by atoms with E-state index in [9.17, 15) is 15.0 Å². The van der Waals surface area contributed by atoms with Crippen LogP contribution in [0.1, 0.15) is 51.9 Å². The van der Waals surface area contributed by atoms with Gasteiger partial charge in [0.2, 0.25) is 0 Å². The quantitative estimate of drug-likeness (QED) is 0.675. The fraction of sp³-hybridized carbons (Fsp3) is 0.750. The summed E-state index contributed by atoms with van der Waals surface area (Å²) in [6.07, 6.45) is 12.7. The average molecular weight is 314 g/mol. The second-order valence-electron chi connectivity index (χ2n) is 8.44. The molecule has 4 unspecified atom stereocenters. The normalized spacial score (nSPS) is 52.0. The van der Waals surface area contributed by atoms with E-state index in [1.807, 2.05) is 0 Å². The summed E-state index contributed by atoms with van der Waals surface area (Å²) < 4.78 is 0. The van der Waals surface area contributed by atoms with Crippen molar-refractivity contribution in [2.45, 2.75) is 63.6 Å². The summed E-state index contributed by atoms with van der Waals surface area (Å²) in [7, 11) is 0. The van der Waals surface area contributed by atoms with Crippen LogP contribution in [0, 0.1) is 41.4 Å². The van der Waals surface area contributed by atoms with Crippen molar-refractivity contribution < 1.29 is 15.0 Å². The largest absolute Gasteiger partial charge is 0.389 e. The average Bonchev–Trinajstić information content (AvgIpc) is 2.80. The summed E-state index contributed by atoms with van der Waals surface area (Å²) in [5.41, 5.74) is -0.239. The van der Waals surface area contributed by atoms with Crippen LogP contribution >= 0.6 is 0 Å². The molecule has 0 heterocycles. The number of rotatable bonds is 0. The van der Waals surface area contributed by atoms with Crippen LogP contribution in [-0.2, 0) is 4.79 Å². The molecule has 0 saturated heterocycles. The molecular weight excluding hydrogens is 288 g/mol. The van der Waals surface area contributed by atoms with Crippen LogP contribution in [0.5, 0.6) is 0 Å². The van der Waals surface area contributed by atoms with Gasteiger partial charge in [-0.1, -0.05) is 12.8 Å². The Morgan fingerprint density at radius 3 is 2.78 bits per heavy atom. The highest BCUT2D eigenvalue weighted by molar-refractivity contribution is 5.91. The van der Waals surface area contributed by atoms with Gasteiger partial charge in [-0.05, 0) is 73.8 Å². The molecule has 0 bridgehead atoms. The lowest BCUT2D eigenvalue weighted by Gasteiger charge is -2.55. The Morgan fingerprint density at radius 1 is 1.26 bits per heavy atom. The number of carbonyl (C=O) groups is 1. The van der Waals surface area contributed by atoms with Crippen molar-refractivity contribution in [1.82, 2.24) is 0 Å². The molecule has 4 rings (SSSR count). The summed E-state index contributed by atoms with van der Waals surface area (Å²) >= 11 is 0. The van der Waals surface area contributed by atoms with E-state index >= 15 is 0 Å². The van der Waals surface area contributed by atoms with Crippen molar-refractivity contribution >= 4 is 5.78 Å². The van der Waals surface area contributed by atoms with Crippen molar-refractivity contribution in [3.05, 3.63) is 11.6 Å². The van der Waals surface area contributed by atoms with Crippen molar-refractivity contribution in [3.8, 4) is 12.3 Å². The predicted molar refractivity (Wildman–Crippen MR) is 87.3 cm³/mol. The van der Waals surface area contributed by atoms with Gasteiger partial charge < -0.3 is 10.2 Å². The van der Waals surface area contributed by atoms with Crippen LogP contribution in [-0.4, -0.2) is 27.7 Å². The molecule has 4 aliphatic carbocycles. The SMILES string of the molecule is C#C[C@]1(O)CCC2C3C[C@H](O)C4=CC(=O)CCC4C3CC[C@@]21C. The van der Waals surface area contributed by atoms with Gasteiger partial charge in [-0.3, -0.25) is 4.79 Å². The number of aliphatic hydroxyl groups excluding tert-OH is 1. The number of carbonyl (C=O) groups excluding carboxylic acids is 1. The number of hydrogen-bond donors (Lipinski definition) is 2. The minimum absolute atomic E-state index is 0.164. The van der Waals surface area contributed by atoms with E-state index in [1.165, 1.54) is 0 Å². The van der Waals surface area contributed by atoms with Crippen LogP contribution < -0.4 is 0 Å². The van der Waals surface area contributed by atoms with Gasteiger partial charge in [0.15, 0.2) is 5.78 Å². The first-order valence-corrected chi connectivity index (χ1v) is 9.02. The Labute approximate surface area is 138 Å². The Kier molecular flexibility index (Phi) is 3.31. The maximum Gasteiger partial charge on any atom is 0.155 e. The highest BCUT2D eigenvalue weighted by atomic mass is 16.3. The number of aliphatic hydroxyl groups is 2. The van der Waals surface area contributed by atoms with Gasteiger partial charge in [-0.2, -0.15) is 0 Å². The van der Waals surface area contributed by atoms with Crippen LogP contribution in [0.25, 0.3) is 0 Å². The molecular formula is C20H26O3.